The molecule has 1 saturated heterocycles. The number of likely N-dealkylation sites (tertiary alicyclic amines) is 1. The Hall–Kier alpha value is -0.120. The van der Waals surface area contributed by atoms with Gasteiger partial charge in [-0.25, -0.2) is 0 Å². The predicted octanol–water partition coefficient (Wildman–Crippen LogP) is 3.74. The van der Waals surface area contributed by atoms with Gasteiger partial charge in [-0.15, -0.1) is 0 Å². The van der Waals surface area contributed by atoms with E-state index in [2.05, 4.69) is 32.6 Å². The Morgan fingerprint density at radius 3 is 2.14 bits per heavy atom. The fourth-order valence-electron chi connectivity index (χ4n) is 4.28. The first kappa shape index (κ1) is 17.2. The molecule has 2 aliphatic rings. The van der Waals surface area contributed by atoms with E-state index in [0.717, 1.165) is 6.54 Å². The zero-order chi connectivity index (χ0) is 15.5. The minimum Gasteiger partial charge on any atom is -0.389 e. The first-order chi connectivity index (χ1) is 9.81. The monoisotopic (exact) mass is 297 g/mol. The lowest BCUT2D eigenvalue weighted by molar-refractivity contribution is -0.0822. The third-order valence-corrected chi connectivity index (χ3v) is 5.51. The quantitative estimate of drug-likeness (QED) is 0.839. The zero-order valence-corrected chi connectivity index (χ0v) is 14.5. The predicted molar refractivity (Wildman–Crippen MR) is 87.5 cm³/mol. The summed E-state index contributed by atoms with van der Waals surface area (Å²) in [6, 6.07) is 0. The van der Waals surface area contributed by atoms with Crippen LogP contribution in [0.4, 0.5) is 0 Å². The molecule has 1 aliphatic heterocycles. The van der Waals surface area contributed by atoms with Gasteiger partial charge in [-0.05, 0) is 59.8 Å². The van der Waals surface area contributed by atoms with E-state index >= 15 is 0 Å². The van der Waals surface area contributed by atoms with Crippen LogP contribution in [0.1, 0.15) is 79.1 Å². The van der Waals surface area contributed by atoms with Gasteiger partial charge in [0.25, 0.3) is 0 Å². The molecule has 2 rings (SSSR count). The van der Waals surface area contributed by atoms with Crippen LogP contribution in [0.3, 0.4) is 0 Å². The third kappa shape index (κ3) is 4.67. The Morgan fingerprint density at radius 1 is 1.00 bits per heavy atom. The van der Waals surface area contributed by atoms with Gasteiger partial charge in [-0.3, -0.25) is 4.90 Å². The molecule has 124 valence electrons. The molecule has 1 aliphatic carbocycles. The van der Waals surface area contributed by atoms with Gasteiger partial charge < -0.3 is 9.84 Å². The molecule has 0 aromatic rings. The van der Waals surface area contributed by atoms with E-state index in [1.807, 2.05) is 0 Å². The van der Waals surface area contributed by atoms with Crippen molar-refractivity contribution < 1.29 is 9.84 Å². The molecular formula is C18H35NO2. The molecule has 1 atom stereocenters. The van der Waals surface area contributed by atoms with Gasteiger partial charge in [-0.1, -0.05) is 19.3 Å². The second kappa shape index (κ2) is 6.97. The molecule has 1 N–H and O–H groups in total. The molecule has 0 bridgehead atoms. The van der Waals surface area contributed by atoms with Crippen LogP contribution in [-0.2, 0) is 4.74 Å². The van der Waals surface area contributed by atoms with E-state index in [9.17, 15) is 5.11 Å². The molecule has 0 unspecified atom stereocenters. The normalized spacial score (nSPS) is 28.4. The van der Waals surface area contributed by atoms with Gasteiger partial charge in [0.1, 0.15) is 0 Å². The maximum atomic E-state index is 10.4. The lowest BCUT2D eigenvalue weighted by Crippen LogP contribution is -2.60. The van der Waals surface area contributed by atoms with Crippen LogP contribution < -0.4 is 0 Å². The van der Waals surface area contributed by atoms with Crippen molar-refractivity contribution >= 4 is 0 Å². The van der Waals surface area contributed by atoms with Crippen LogP contribution in [0.15, 0.2) is 0 Å². The standard InChI is InChI=1S/C18H35NO2/c1-17(2)11-8-12-18(3,4)19(17)13-15(20)14-21-16-9-6-5-7-10-16/h15-16,20H,5-14H2,1-4H3/t15-/m0/s1. The summed E-state index contributed by atoms with van der Waals surface area (Å²) in [5, 5.41) is 10.4. The average molecular weight is 297 g/mol. The number of β-amino-alcohol motifs (C(OH)–C–C–N with tert-alkyl or cyclic N) is 1. The van der Waals surface area contributed by atoms with Crippen LogP contribution in [0.5, 0.6) is 0 Å². The maximum absolute atomic E-state index is 10.4. The average Bonchev–Trinajstić information content (AvgIpc) is 2.41. The number of rotatable bonds is 5. The largest absolute Gasteiger partial charge is 0.389 e. The van der Waals surface area contributed by atoms with Crippen molar-refractivity contribution in [1.82, 2.24) is 4.90 Å². The molecule has 3 nitrogen and oxygen atoms in total. The highest BCUT2D eigenvalue weighted by Gasteiger charge is 2.41. The summed E-state index contributed by atoms with van der Waals surface area (Å²) < 4.78 is 5.95. The van der Waals surface area contributed by atoms with E-state index in [1.54, 1.807) is 0 Å². The summed E-state index contributed by atoms with van der Waals surface area (Å²) >= 11 is 0. The first-order valence-corrected chi connectivity index (χ1v) is 8.89. The van der Waals surface area contributed by atoms with Crippen molar-refractivity contribution in [3.63, 3.8) is 0 Å². The Balaban J connectivity index is 1.83. The second-order valence-electron chi connectivity index (χ2n) is 8.34. The molecule has 0 aromatic heterocycles. The number of aliphatic hydroxyl groups is 1. The molecule has 1 heterocycles. The molecule has 0 radical (unpaired) electrons. The third-order valence-electron chi connectivity index (χ3n) is 5.51. The number of piperidine rings is 1. The molecule has 0 amide bonds. The Kier molecular flexibility index (Phi) is 5.72. The summed E-state index contributed by atoms with van der Waals surface area (Å²) in [6.45, 7) is 10.5. The summed E-state index contributed by atoms with van der Waals surface area (Å²) in [6.07, 6.45) is 9.99. The van der Waals surface area contributed by atoms with Crippen LogP contribution >= 0.6 is 0 Å². The van der Waals surface area contributed by atoms with Crippen molar-refractivity contribution in [2.75, 3.05) is 13.2 Å². The highest BCUT2D eigenvalue weighted by Crippen LogP contribution is 2.38. The molecule has 0 aromatic carbocycles. The van der Waals surface area contributed by atoms with Gasteiger partial charge in [-0.2, -0.15) is 0 Å². The molecular weight excluding hydrogens is 262 g/mol. The van der Waals surface area contributed by atoms with Crippen LogP contribution in [0.2, 0.25) is 0 Å². The van der Waals surface area contributed by atoms with E-state index < -0.39 is 0 Å². The Morgan fingerprint density at radius 2 is 1.57 bits per heavy atom. The number of hydrogen-bond donors (Lipinski definition) is 1. The van der Waals surface area contributed by atoms with Gasteiger partial charge >= 0.3 is 0 Å². The minimum atomic E-state index is -0.372. The van der Waals surface area contributed by atoms with Crippen molar-refractivity contribution in [3.8, 4) is 0 Å². The lowest BCUT2D eigenvalue weighted by Gasteiger charge is -2.53. The molecule has 3 heteroatoms. The zero-order valence-electron chi connectivity index (χ0n) is 14.5. The number of hydrogen-bond acceptors (Lipinski definition) is 3. The van der Waals surface area contributed by atoms with Crippen LogP contribution in [0, 0.1) is 0 Å². The Bertz CT molecular complexity index is 305. The fourth-order valence-corrected chi connectivity index (χ4v) is 4.28. The highest BCUT2D eigenvalue weighted by molar-refractivity contribution is 4.97. The second-order valence-corrected chi connectivity index (χ2v) is 8.34. The molecule has 2 fully saturated rings. The van der Waals surface area contributed by atoms with Crippen LogP contribution in [0.25, 0.3) is 0 Å². The number of ether oxygens (including phenoxy) is 1. The first-order valence-electron chi connectivity index (χ1n) is 8.89. The molecule has 0 spiro atoms. The number of nitrogens with zero attached hydrogens (tertiary/aromatic N) is 1. The number of aliphatic hydroxyl groups excluding tert-OH is 1. The SMILES string of the molecule is CC1(C)CCCC(C)(C)N1C[C@H](O)COC1CCCCC1. The highest BCUT2D eigenvalue weighted by atomic mass is 16.5. The molecule has 21 heavy (non-hydrogen) atoms. The topological polar surface area (TPSA) is 32.7 Å². The van der Waals surface area contributed by atoms with Crippen molar-refractivity contribution in [2.24, 2.45) is 0 Å². The van der Waals surface area contributed by atoms with Crippen molar-refractivity contribution in [3.05, 3.63) is 0 Å². The smallest absolute Gasteiger partial charge is 0.0900 e. The summed E-state index contributed by atoms with van der Waals surface area (Å²) in [5.74, 6) is 0. The van der Waals surface area contributed by atoms with E-state index in [0.29, 0.717) is 12.7 Å². The minimum absolute atomic E-state index is 0.174. The van der Waals surface area contributed by atoms with Gasteiger partial charge in [0.2, 0.25) is 0 Å². The summed E-state index contributed by atoms with van der Waals surface area (Å²) in [5.41, 5.74) is 0.348. The maximum Gasteiger partial charge on any atom is 0.0900 e. The van der Waals surface area contributed by atoms with E-state index in [4.69, 9.17) is 4.74 Å². The summed E-state index contributed by atoms with van der Waals surface area (Å²) in [7, 11) is 0. The van der Waals surface area contributed by atoms with Crippen molar-refractivity contribution in [1.29, 1.82) is 0 Å². The lowest BCUT2D eigenvalue weighted by atomic mass is 9.79. The van der Waals surface area contributed by atoms with E-state index in [-0.39, 0.29) is 17.2 Å². The van der Waals surface area contributed by atoms with Gasteiger partial charge in [0, 0.05) is 17.6 Å². The summed E-state index contributed by atoms with van der Waals surface area (Å²) in [4.78, 5) is 2.50. The van der Waals surface area contributed by atoms with Gasteiger partial charge in [0.15, 0.2) is 0 Å². The van der Waals surface area contributed by atoms with Crippen LogP contribution in [-0.4, -0.2) is 46.4 Å². The van der Waals surface area contributed by atoms with Gasteiger partial charge in [0.05, 0.1) is 18.8 Å². The molecule has 1 saturated carbocycles. The Labute approximate surface area is 131 Å². The fraction of sp³-hybridized carbons (Fsp3) is 1.00. The van der Waals surface area contributed by atoms with Crippen molar-refractivity contribution in [2.45, 2.75) is 102 Å². The van der Waals surface area contributed by atoms with E-state index in [1.165, 1.54) is 51.4 Å².